The zero-order valence-electron chi connectivity index (χ0n) is 11.9. The summed E-state index contributed by atoms with van der Waals surface area (Å²) in [5.41, 5.74) is 2.52. The van der Waals surface area contributed by atoms with Gasteiger partial charge in [0.05, 0.1) is 17.1 Å². The van der Waals surface area contributed by atoms with Crippen LogP contribution in [0.1, 0.15) is 5.56 Å². The molecule has 0 bridgehead atoms. The molecule has 0 aliphatic rings. The Balaban J connectivity index is 2.22. The van der Waals surface area contributed by atoms with Crippen molar-refractivity contribution in [2.24, 2.45) is 0 Å². The van der Waals surface area contributed by atoms with E-state index in [1.54, 1.807) is 18.2 Å². The summed E-state index contributed by atoms with van der Waals surface area (Å²) in [5, 5.41) is 12.1. The van der Waals surface area contributed by atoms with Crippen LogP contribution in [0.5, 0.6) is 0 Å². The Kier molecular flexibility index (Phi) is 4.67. The molecule has 0 saturated heterocycles. The maximum atomic E-state index is 11.0. The van der Waals surface area contributed by atoms with Gasteiger partial charge in [-0.3, -0.25) is 10.1 Å². The van der Waals surface area contributed by atoms with E-state index in [9.17, 15) is 10.1 Å². The van der Waals surface area contributed by atoms with Crippen LogP contribution in [-0.4, -0.2) is 13.2 Å². The van der Waals surface area contributed by atoms with Crippen LogP contribution in [0.3, 0.4) is 0 Å². The van der Waals surface area contributed by atoms with Crippen LogP contribution in [0.15, 0.2) is 66.9 Å². The molecule has 0 aliphatic heterocycles. The minimum absolute atomic E-state index is 0.0889. The van der Waals surface area contributed by atoms with Gasteiger partial charge in [-0.25, -0.2) is 0 Å². The third-order valence-corrected chi connectivity index (χ3v) is 6.46. The molecule has 2 aromatic carbocycles. The van der Waals surface area contributed by atoms with E-state index in [1.165, 1.54) is 6.07 Å². The van der Waals surface area contributed by atoms with Crippen LogP contribution in [0.4, 0.5) is 5.69 Å². The smallest absolute Gasteiger partial charge is 0.274 e. The number of benzene rings is 2. The molecule has 0 amide bonds. The fourth-order valence-corrected chi connectivity index (χ4v) is 3.90. The molecule has 0 radical (unpaired) electrons. The fourth-order valence-electron chi connectivity index (χ4n) is 2.07. The largest absolute Gasteiger partial charge is 0.404 e. The summed E-state index contributed by atoms with van der Waals surface area (Å²) < 4.78 is 6.06. The van der Waals surface area contributed by atoms with Crippen LogP contribution in [0, 0.1) is 10.1 Å². The van der Waals surface area contributed by atoms with Crippen LogP contribution in [0.2, 0.25) is 6.55 Å². The Morgan fingerprint density at radius 2 is 1.81 bits per heavy atom. The SMILES string of the molecule is C=C[Si](C)(OCc1ccccc1[N+](=O)[O-])c1ccccc1. The molecule has 4 nitrogen and oxygen atoms in total. The van der Waals surface area contributed by atoms with E-state index in [0.29, 0.717) is 5.56 Å². The van der Waals surface area contributed by atoms with Gasteiger partial charge in [0.2, 0.25) is 8.32 Å². The van der Waals surface area contributed by atoms with Gasteiger partial charge >= 0.3 is 0 Å². The average Bonchev–Trinajstić information content (AvgIpc) is 2.53. The molecular formula is C16H17NO3Si. The third-order valence-electron chi connectivity index (χ3n) is 3.45. The van der Waals surface area contributed by atoms with E-state index in [4.69, 9.17) is 4.43 Å². The molecule has 0 heterocycles. The second-order valence-electron chi connectivity index (χ2n) is 4.85. The number of nitrogens with zero attached hydrogens (tertiary/aromatic N) is 1. The highest BCUT2D eigenvalue weighted by Crippen LogP contribution is 2.20. The Hall–Kier alpha value is -2.24. The molecule has 0 N–H and O–H groups in total. The normalized spacial score (nSPS) is 13.4. The molecule has 0 spiro atoms. The Morgan fingerprint density at radius 3 is 2.43 bits per heavy atom. The quantitative estimate of drug-likeness (QED) is 0.467. The maximum Gasteiger partial charge on any atom is 0.274 e. The molecule has 2 aromatic rings. The summed E-state index contributed by atoms with van der Waals surface area (Å²) in [6.07, 6.45) is 0. The van der Waals surface area contributed by atoms with Gasteiger partial charge in [0.15, 0.2) is 0 Å². The summed E-state index contributed by atoms with van der Waals surface area (Å²) in [7, 11) is -2.30. The van der Waals surface area contributed by atoms with E-state index in [2.05, 4.69) is 6.58 Å². The second kappa shape index (κ2) is 6.47. The van der Waals surface area contributed by atoms with Gasteiger partial charge in [-0.05, 0) is 17.8 Å². The lowest BCUT2D eigenvalue weighted by Gasteiger charge is -2.24. The molecule has 108 valence electrons. The van der Waals surface area contributed by atoms with Crippen LogP contribution in [0.25, 0.3) is 0 Å². The van der Waals surface area contributed by atoms with Crippen molar-refractivity contribution in [3.8, 4) is 0 Å². The van der Waals surface area contributed by atoms with Crippen molar-refractivity contribution >= 4 is 19.2 Å². The summed E-state index contributed by atoms with van der Waals surface area (Å²) in [5.74, 6) is 0. The number of para-hydroxylation sites is 1. The second-order valence-corrected chi connectivity index (χ2v) is 8.34. The highest BCUT2D eigenvalue weighted by Gasteiger charge is 2.28. The molecule has 0 aromatic heterocycles. The van der Waals surface area contributed by atoms with Gasteiger partial charge in [0.1, 0.15) is 0 Å². The zero-order valence-corrected chi connectivity index (χ0v) is 12.9. The van der Waals surface area contributed by atoms with Crippen LogP contribution in [-0.2, 0) is 11.0 Å². The Labute approximate surface area is 125 Å². The minimum Gasteiger partial charge on any atom is -0.404 e. The summed E-state index contributed by atoms with van der Waals surface area (Å²) in [6, 6.07) is 16.5. The molecule has 0 aliphatic carbocycles. The standard InChI is InChI=1S/C16H17NO3Si/c1-3-21(2,15-10-5-4-6-11-15)20-13-14-9-7-8-12-16(14)17(18)19/h3-12H,1,13H2,2H3. The van der Waals surface area contributed by atoms with Gasteiger partial charge in [-0.2, -0.15) is 0 Å². The topological polar surface area (TPSA) is 52.4 Å². The van der Waals surface area contributed by atoms with Gasteiger partial charge in [-0.1, -0.05) is 48.2 Å². The lowest BCUT2D eigenvalue weighted by atomic mass is 10.2. The summed E-state index contributed by atoms with van der Waals surface area (Å²) in [4.78, 5) is 10.6. The number of rotatable bonds is 6. The molecule has 0 fully saturated rings. The first-order valence-corrected chi connectivity index (χ1v) is 9.11. The van der Waals surface area contributed by atoms with E-state index in [-0.39, 0.29) is 17.2 Å². The third kappa shape index (κ3) is 3.45. The number of hydrogen-bond donors (Lipinski definition) is 0. The van der Waals surface area contributed by atoms with Crippen LogP contribution < -0.4 is 5.19 Å². The highest BCUT2D eigenvalue weighted by atomic mass is 28.4. The summed E-state index contributed by atoms with van der Waals surface area (Å²) >= 11 is 0. The predicted octanol–water partition coefficient (Wildman–Crippen LogP) is 3.32. The maximum absolute atomic E-state index is 11.0. The average molecular weight is 299 g/mol. The Bertz CT molecular complexity index is 645. The fraction of sp³-hybridized carbons (Fsp3) is 0.125. The van der Waals surface area contributed by atoms with Crippen molar-refractivity contribution in [3.63, 3.8) is 0 Å². The molecule has 21 heavy (non-hydrogen) atoms. The predicted molar refractivity (Wildman–Crippen MR) is 85.8 cm³/mol. The van der Waals surface area contributed by atoms with Crippen molar-refractivity contribution < 1.29 is 9.35 Å². The number of nitro benzene ring substituents is 1. The molecular weight excluding hydrogens is 282 g/mol. The first-order valence-electron chi connectivity index (χ1n) is 6.62. The molecule has 2 rings (SSSR count). The lowest BCUT2D eigenvalue weighted by molar-refractivity contribution is -0.385. The highest BCUT2D eigenvalue weighted by molar-refractivity contribution is 6.89. The lowest BCUT2D eigenvalue weighted by Crippen LogP contribution is -2.46. The molecule has 0 saturated carbocycles. The molecule has 5 heteroatoms. The first kappa shape index (κ1) is 15.2. The van der Waals surface area contributed by atoms with Crippen molar-refractivity contribution in [2.75, 3.05) is 0 Å². The van der Waals surface area contributed by atoms with Crippen molar-refractivity contribution in [1.82, 2.24) is 0 Å². The van der Waals surface area contributed by atoms with Crippen molar-refractivity contribution in [1.29, 1.82) is 0 Å². The molecule has 1 atom stereocenters. The van der Waals surface area contributed by atoms with Crippen molar-refractivity contribution in [2.45, 2.75) is 13.2 Å². The van der Waals surface area contributed by atoms with Gasteiger partial charge in [-0.15, -0.1) is 6.58 Å². The van der Waals surface area contributed by atoms with Gasteiger partial charge in [0.25, 0.3) is 5.69 Å². The monoisotopic (exact) mass is 299 g/mol. The zero-order chi connectivity index (χ0) is 15.3. The van der Waals surface area contributed by atoms with Crippen LogP contribution >= 0.6 is 0 Å². The van der Waals surface area contributed by atoms with E-state index < -0.39 is 8.32 Å². The summed E-state index contributed by atoms with van der Waals surface area (Å²) in [6.45, 7) is 6.12. The Morgan fingerprint density at radius 1 is 1.19 bits per heavy atom. The van der Waals surface area contributed by atoms with Gasteiger partial charge in [0, 0.05) is 6.07 Å². The first-order chi connectivity index (χ1) is 10.1. The minimum atomic E-state index is -2.30. The van der Waals surface area contributed by atoms with Gasteiger partial charge < -0.3 is 4.43 Å². The number of nitro groups is 1. The molecule has 1 unspecified atom stereocenters. The number of hydrogen-bond acceptors (Lipinski definition) is 3. The van der Waals surface area contributed by atoms with E-state index in [0.717, 1.165) is 5.19 Å². The van der Waals surface area contributed by atoms with E-state index >= 15 is 0 Å². The van der Waals surface area contributed by atoms with Crippen molar-refractivity contribution in [3.05, 3.63) is 82.6 Å². The van der Waals surface area contributed by atoms with E-state index in [1.807, 2.05) is 42.6 Å².